The number of aromatic nitrogens is 2. The van der Waals surface area contributed by atoms with E-state index in [4.69, 9.17) is 14.2 Å². The van der Waals surface area contributed by atoms with Crippen molar-refractivity contribution in [2.75, 3.05) is 6.61 Å². The lowest BCUT2D eigenvalue weighted by Crippen LogP contribution is -2.42. The highest BCUT2D eigenvalue weighted by atomic mass is 16.6. The zero-order chi connectivity index (χ0) is 17.1. The number of H-pyrrole nitrogens is 1. The van der Waals surface area contributed by atoms with E-state index in [0.717, 1.165) is 30.7 Å². The Balaban J connectivity index is 2.43. The summed E-state index contributed by atoms with van der Waals surface area (Å²) in [4.78, 5) is 47.6. The van der Waals surface area contributed by atoms with Gasteiger partial charge in [0.05, 0.1) is 6.61 Å². The zero-order valence-electron chi connectivity index (χ0n) is 12.4. The van der Waals surface area contributed by atoms with Gasteiger partial charge in [0.15, 0.2) is 18.4 Å². The Morgan fingerprint density at radius 1 is 1.26 bits per heavy atom. The maximum atomic E-state index is 11.9. The number of hydrogen-bond donors (Lipinski definition) is 2. The second-order valence-corrected chi connectivity index (χ2v) is 4.91. The van der Waals surface area contributed by atoms with Crippen LogP contribution in [0.4, 0.5) is 0 Å². The van der Waals surface area contributed by atoms with Crippen LogP contribution in [-0.2, 0) is 23.8 Å². The normalized spacial score (nSPS) is 26.7. The van der Waals surface area contributed by atoms with Gasteiger partial charge in [0.25, 0.3) is 5.56 Å². The van der Waals surface area contributed by atoms with Crippen LogP contribution in [0, 0.1) is 0 Å². The van der Waals surface area contributed by atoms with Crippen molar-refractivity contribution in [3.63, 3.8) is 0 Å². The minimum Gasteiger partial charge on any atom is -0.456 e. The van der Waals surface area contributed by atoms with Gasteiger partial charge < -0.3 is 19.3 Å². The standard InChI is InChI=1S/C13H16N2O8/c1-6(17)21-10-8(5-16)23-12(11(10)22-7(2)18)15-4-3-9(19)14-13(15)20/h3-4,8,10-12,16H,5H2,1-2H3,(H,14,19,20)/t8-,10-,11-,12-/m1/s1. The van der Waals surface area contributed by atoms with E-state index in [-0.39, 0.29) is 0 Å². The molecule has 0 amide bonds. The van der Waals surface area contributed by atoms with Crippen LogP contribution >= 0.6 is 0 Å². The molecule has 0 unspecified atom stereocenters. The third-order valence-corrected chi connectivity index (χ3v) is 3.19. The summed E-state index contributed by atoms with van der Waals surface area (Å²) in [5.41, 5.74) is -1.40. The Kier molecular flexibility index (Phi) is 4.96. The molecule has 2 N–H and O–H groups in total. The number of aliphatic hydroxyl groups excluding tert-OH is 1. The Morgan fingerprint density at radius 2 is 1.87 bits per heavy atom. The predicted octanol–water partition coefficient (Wildman–Crippen LogP) is -1.71. The molecule has 10 heteroatoms. The minimum absolute atomic E-state index is 0.523. The Labute approximate surface area is 129 Å². The maximum absolute atomic E-state index is 11.9. The van der Waals surface area contributed by atoms with Crippen molar-refractivity contribution in [1.82, 2.24) is 9.55 Å². The van der Waals surface area contributed by atoms with Crippen molar-refractivity contribution < 1.29 is 28.9 Å². The maximum Gasteiger partial charge on any atom is 0.330 e. The van der Waals surface area contributed by atoms with Gasteiger partial charge in [-0.25, -0.2) is 4.79 Å². The number of hydrogen-bond acceptors (Lipinski definition) is 8. The smallest absolute Gasteiger partial charge is 0.330 e. The van der Waals surface area contributed by atoms with Crippen LogP contribution in [0.1, 0.15) is 20.1 Å². The van der Waals surface area contributed by atoms with E-state index in [1.807, 2.05) is 4.98 Å². The summed E-state index contributed by atoms with van der Waals surface area (Å²) in [7, 11) is 0. The van der Waals surface area contributed by atoms with Crippen LogP contribution in [0.3, 0.4) is 0 Å². The molecule has 1 fully saturated rings. The van der Waals surface area contributed by atoms with Gasteiger partial charge in [0.2, 0.25) is 0 Å². The van der Waals surface area contributed by atoms with E-state index >= 15 is 0 Å². The summed E-state index contributed by atoms with van der Waals surface area (Å²) in [6.45, 7) is 1.77. The first-order valence-electron chi connectivity index (χ1n) is 6.75. The van der Waals surface area contributed by atoms with Crippen molar-refractivity contribution >= 4 is 11.9 Å². The molecule has 0 radical (unpaired) electrons. The highest BCUT2D eigenvalue weighted by Gasteiger charge is 2.50. The van der Waals surface area contributed by atoms with Gasteiger partial charge in [-0.15, -0.1) is 0 Å². The highest BCUT2D eigenvalue weighted by Crippen LogP contribution is 2.32. The van der Waals surface area contributed by atoms with Gasteiger partial charge in [-0.1, -0.05) is 0 Å². The molecule has 0 bridgehead atoms. The highest BCUT2D eigenvalue weighted by molar-refractivity contribution is 5.67. The number of nitrogens with zero attached hydrogens (tertiary/aromatic N) is 1. The number of nitrogens with one attached hydrogen (secondary N) is 1. The van der Waals surface area contributed by atoms with Crippen LogP contribution in [0.15, 0.2) is 21.9 Å². The first-order chi connectivity index (χ1) is 10.8. The van der Waals surface area contributed by atoms with Crippen LogP contribution in [-0.4, -0.2) is 51.5 Å². The molecule has 10 nitrogen and oxygen atoms in total. The molecule has 1 saturated heterocycles. The van der Waals surface area contributed by atoms with Crippen LogP contribution in [0.2, 0.25) is 0 Å². The average Bonchev–Trinajstić information content (AvgIpc) is 2.76. The summed E-state index contributed by atoms with van der Waals surface area (Å²) in [5.74, 6) is -1.35. The third-order valence-electron chi connectivity index (χ3n) is 3.19. The van der Waals surface area contributed by atoms with Gasteiger partial charge in [-0.05, 0) is 0 Å². The molecule has 4 atom stereocenters. The number of ether oxygens (including phenoxy) is 3. The lowest BCUT2D eigenvalue weighted by molar-refractivity contribution is -0.165. The topological polar surface area (TPSA) is 137 Å². The molecular formula is C13H16N2O8. The predicted molar refractivity (Wildman–Crippen MR) is 73.4 cm³/mol. The van der Waals surface area contributed by atoms with E-state index < -0.39 is 54.3 Å². The Bertz CT molecular complexity index is 708. The van der Waals surface area contributed by atoms with Crippen molar-refractivity contribution in [1.29, 1.82) is 0 Å². The second-order valence-electron chi connectivity index (χ2n) is 4.91. The monoisotopic (exact) mass is 328 g/mol. The van der Waals surface area contributed by atoms with Gasteiger partial charge in [0.1, 0.15) is 6.10 Å². The van der Waals surface area contributed by atoms with E-state index in [2.05, 4.69) is 0 Å². The second kappa shape index (κ2) is 6.75. The lowest BCUT2D eigenvalue weighted by Gasteiger charge is -2.23. The molecule has 0 aliphatic carbocycles. The average molecular weight is 328 g/mol. The van der Waals surface area contributed by atoms with E-state index in [0.29, 0.717) is 0 Å². The molecule has 0 aromatic carbocycles. The fraction of sp³-hybridized carbons (Fsp3) is 0.538. The fourth-order valence-corrected chi connectivity index (χ4v) is 2.36. The molecule has 2 heterocycles. The van der Waals surface area contributed by atoms with E-state index in [9.17, 15) is 24.3 Å². The van der Waals surface area contributed by atoms with Crippen LogP contribution in [0.25, 0.3) is 0 Å². The number of carbonyl (C=O) groups excluding carboxylic acids is 2. The van der Waals surface area contributed by atoms with Crippen LogP contribution in [0.5, 0.6) is 0 Å². The largest absolute Gasteiger partial charge is 0.456 e. The molecule has 0 saturated carbocycles. The fourth-order valence-electron chi connectivity index (χ4n) is 2.36. The molecule has 126 valence electrons. The van der Waals surface area contributed by atoms with E-state index in [1.165, 1.54) is 0 Å². The van der Waals surface area contributed by atoms with E-state index in [1.54, 1.807) is 0 Å². The molecule has 23 heavy (non-hydrogen) atoms. The number of esters is 2. The quantitative estimate of drug-likeness (QED) is 0.623. The first kappa shape index (κ1) is 16.9. The van der Waals surface area contributed by atoms with Crippen LogP contribution < -0.4 is 11.2 Å². The zero-order valence-corrected chi connectivity index (χ0v) is 12.4. The van der Waals surface area contributed by atoms with Crippen molar-refractivity contribution in [3.8, 4) is 0 Å². The number of rotatable bonds is 4. The number of aromatic amines is 1. The van der Waals surface area contributed by atoms with Crippen molar-refractivity contribution in [3.05, 3.63) is 33.1 Å². The van der Waals surface area contributed by atoms with Gasteiger partial charge in [-0.3, -0.25) is 23.9 Å². The first-order valence-corrected chi connectivity index (χ1v) is 6.75. The minimum atomic E-state index is -1.16. The van der Waals surface area contributed by atoms with Crippen molar-refractivity contribution in [2.24, 2.45) is 0 Å². The van der Waals surface area contributed by atoms with Crippen molar-refractivity contribution in [2.45, 2.75) is 38.4 Å². The van der Waals surface area contributed by atoms with Gasteiger partial charge in [0, 0.05) is 26.1 Å². The Morgan fingerprint density at radius 3 is 2.39 bits per heavy atom. The summed E-state index contributed by atoms with van der Waals surface area (Å²) in [6, 6.07) is 1.09. The third kappa shape index (κ3) is 3.66. The molecule has 2 rings (SSSR count). The van der Waals surface area contributed by atoms with Gasteiger partial charge in [-0.2, -0.15) is 0 Å². The molecule has 1 aromatic rings. The molecule has 0 spiro atoms. The summed E-state index contributed by atoms with van der Waals surface area (Å²) in [5, 5.41) is 9.38. The number of aliphatic hydroxyl groups is 1. The molecule has 1 aliphatic heterocycles. The summed E-state index contributed by atoms with van der Waals surface area (Å²) >= 11 is 0. The Hall–Kier alpha value is -2.46. The number of carbonyl (C=O) groups is 2. The molecule has 1 aromatic heterocycles. The SMILES string of the molecule is CC(=O)O[C@@H]1[C@H](OC(C)=O)[C@@H](CO)O[C@H]1n1ccc(=O)[nH]c1=O. The summed E-state index contributed by atoms with van der Waals surface area (Å²) in [6.07, 6.45) is -3.24. The lowest BCUT2D eigenvalue weighted by atomic mass is 10.1. The van der Waals surface area contributed by atoms with Gasteiger partial charge >= 0.3 is 17.6 Å². The molecular weight excluding hydrogens is 312 g/mol. The summed E-state index contributed by atoms with van der Waals surface area (Å²) < 4.78 is 16.6. The molecule has 1 aliphatic rings.